The second-order valence-electron chi connectivity index (χ2n) is 9.91. The van der Waals surface area contributed by atoms with E-state index in [9.17, 15) is 0 Å². The zero-order valence-electron chi connectivity index (χ0n) is 23.0. The van der Waals surface area contributed by atoms with Crippen LogP contribution in [0.25, 0.3) is 11.4 Å². The van der Waals surface area contributed by atoms with Gasteiger partial charge >= 0.3 is 0 Å². The maximum absolute atomic E-state index is 15.7. The Labute approximate surface area is 230 Å². The Hall–Kier alpha value is -3.84. The summed E-state index contributed by atoms with van der Waals surface area (Å²) in [6, 6.07) is 22.1. The molecular formula is C32H36FN3O3. The number of rotatable bonds is 12. The normalized spacial score (nSPS) is 12.3. The van der Waals surface area contributed by atoms with E-state index in [2.05, 4.69) is 33.5 Å². The molecule has 0 saturated carbocycles. The molecule has 0 aliphatic carbocycles. The van der Waals surface area contributed by atoms with Crippen molar-refractivity contribution in [2.24, 2.45) is 0 Å². The molecule has 39 heavy (non-hydrogen) atoms. The highest BCUT2D eigenvalue weighted by molar-refractivity contribution is 5.61. The largest absolute Gasteiger partial charge is 0.494 e. The van der Waals surface area contributed by atoms with E-state index in [0.717, 1.165) is 52.3 Å². The van der Waals surface area contributed by atoms with Gasteiger partial charge in [-0.15, -0.1) is 0 Å². The van der Waals surface area contributed by atoms with Gasteiger partial charge in [0.2, 0.25) is 12.7 Å². The number of aromatic nitrogens is 2. The Morgan fingerprint density at radius 2 is 1.72 bits per heavy atom. The van der Waals surface area contributed by atoms with Gasteiger partial charge in [0.15, 0.2) is 11.5 Å². The van der Waals surface area contributed by atoms with E-state index in [1.165, 1.54) is 0 Å². The first-order chi connectivity index (χ1) is 19.1. The molecule has 0 spiro atoms. The van der Waals surface area contributed by atoms with Gasteiger partial charge in [0.25, 0.3) is 0 Å². The van der Waals surface area contributed by atoms with Crippen LogP contribution >= 0.6 is 0 Å². The zero-order chi connectivity index (χ0) is 27.2. The zero-order valence-corrected chi connectivity index (χ0v) is 23.0. The average Bonchev–Trinajstić information content (AvgIpc) is 3.52. The van der Waals surface area contributed by atoms with Crippen LogP contribution in [0.1, 0.15) is 49.1 Å². The third kappa shape index (κ3) is 6.25. The second kappa shape index (κ2) is 12.3. The lowest BCUT2D eigenvalue weighted by molar-refractivity contribution is 0.174. The van der Waals surface area contributed by atoms with Crippen LogP contribution in [-0.4, -0.2) is 27.9 Å². The Kier molecular flexibility index (Phi) is 8.47. The van der Waals surface area contributed by atoms with Crippen molar-refractivity contribution < 1.29 is 18.6 Å². The van der Waals surface area contributed by atoms with Crippen molar-refractivity contribution in [2.75, 3.05) is 13.4 Å². The van der Waals surface area contributed by atoms with Crippen LogP contribution < -0.4 is 14.2 Å². The lowest BCUT2D eigenvalue weighted by Crippen LogP contribution is -2.25. The maximum atomic E-state index is 15.7. The topological polar surface area (TPSA) is 48.8 Å². The summed E-state index contributed by atoms with van der Waals surface area (Å²) in [6.45, 7) is 9.35. The second-order valence-corrected chi connectivity index (χ2v) is 9.91. The molecule has 0 atom stereocenters. The first-order valence-electron chi connectivity index (χ1n) is 13.7. The van der Waals surface area contributed by atoms with E-state index >= 15 is 4.39 Å². The predicted octanol–water partition coefficient (Wildman–Crippen LogP) is 7.13. The molecule has 1 aromatic heterocycles. The smallest absolute Gasteiger partial charge is 0.235 e. The van der Waals surface area contributed by atoms with Crippen LogP contribution in [0, 0.1) is 12.9 Å². The van der Waals surface area contributed by atoms with E-state index < -0.39 is 5.95 Å². The first kappa shape index (κ1) is 26.8. The van der Waals surface area contributed by atoms with Crippen molar-refractivity contribution in [3.05, 3.63) is 95.1 Å². The van der Waals surface area contributed by atoms with Gasteiger partial charge in [-0.3, -0.25) is 4.90 Å². The van der Waals surface area contributed by atoms with Crippen LogP contribution in [0.4, 0.5) is 4.39 Å². The van der Waals surface area contributed by atoms with Gasteiger partial charge in [-0.05, 0) is 61.2 Å². The fourth-order valence-electron chi connectivity index (χ4n) is 5.03. The molecule has 6 nitrogen and oxygen atoms in total. The van der Waals surface area contributed by atoms with Gasteiger partial charge in [0.05, 0.1) is 12.3 Å². The molecule has 1 aliphatic heterocycles. The van der Waals surface area contributed by atoms with Gasteiger partial charge in [0.1, 0.15) is 11.6 Å². The van der Waals surface area contributed by atoms with Crippen molar-refractivity contribution in [3.8, 4) is 28.6 Å². The molecule has 0 saturated heterocycles. The minimum absolute atomic E-state index is 0.232. The number of hydrogen-bond acceptors (Lipinski definition) is 5. The third-order valence-corrected chi connectivity index (χ3v) is 6.98. The number of ether oxygens (including phenoxy) is 3. The minimum Gasteiger partial charge on any atom is -0.494 e. The Balaban J connectivity index is 1.50. The maximum Gasteiger partial charge on any atom is 0.235 e. The summed E-state index contributed by atoms with van der Waals surface area (Å²) in [6.07, 6.45) is 1.96. The van der Waals surface area contributed by atoms with E-state index in [0.29, 0.717) is 44.3 Å². The minimum atomic E-state index is -0.414. The van der Waals surface area contributed by atoms with Crippen LogP contribution in [0.15, 0.2) is 66.7 Å². The number of hydrogen-bond donors (Lipinski definition) is 0. The van der Waals surface area contributed by atoms with Crippen molar-refractivity contribution in [3.63, 3.8) is 0 Å². The third-order valence-electron chi connectivity index (χ3n) is 6.98. The number of fused-ring (bicyclic) bond motifs is 1. The van der Waals surface area contributed by atoms with Crippen LogP contribution in [-0.2, 0) is 26.2 Å². The summed E-state index contributed by atoms with van der Waals surface area (Å²) in [5, 5.41) is 0. The molecule has 0 fully saturated rings. The average molecular weight is 530 g/mol. The first-order valence-corrected chi connectivity index (χ1v) is 13.7. The van der Waals surface area contributed by atoms with Crippen LogP contribution in [0.3, 0.4) is 0 Å². The molecule has 2 heterocycles. The van der Waals surface area contributed by atoms with Gasteiger partial charge < -0.3 is 18.8 Å². The summed E-state index contributed by atoms with van der Waals surface area (Å²) in [4.78, 5) is 6.70. The lowest BCUT2D eigenvalue weighted by Gasteiger charge is -2.24. The van der Waals surface area contributed by atoms with Gasteiger partial charge in [-0.2, -0.15) is 9.37 Å². The fourth-order valence-corrected chi connectivity index (χ4v) is 5.03. The summed E-state index contributed by atoms with van der Waals surface area (Å²) >= 11 is 0. The molecule has 0 N–H and O–H groups in total. The number of aryl methyl sites for hydroxylation is 1. The molecule has 4 aromatic rings. The predicted molar refractivity (Wildman–Crippen MR) is 150 cm³/mol. The van der Waals surface area contributed by atoms with Crippen molar-refractivity contribution in [1.29, 1.82) is 0 Å². The molecule has 5 rings (SSSR count). The van der Waals surface area contributed by atoms with Crippen LogP contribution in [0.2, 0.25) is 0 Å². The molecule has 204 valence electrons. The SMILES string of the molecule is CCCCn1c(-c2ccccc2C)nc(F)c1CN(Cc1cccc(OCC)c1)Cc1ccc2c(c1)OCO2. The fraction of sp³-hybridized carbons (Fsp3) is 0.344. The highest BCUT2D eigenvalue weighted by Crippen LogP contribution is 2.33. The molecule has 0 bridgehead atoms. The highest BCUT2D eigenvalue weighted by Gasteiger charge is 2.23. The molecule has 0 radical (unpaired) electrons. The van der Waals surface area contributed by atoms with Crippen LogP contribution in [0.5, 0.6) is 17.2 Å². The Bertz CT molecular complexity index is 1420. The molecule has 3 aromatic carbocycles. The number of halogens is 1. The quantitative estimate of drug-likeness (QED) is 0.195. The van der Waals surface area contributed by atoms with Gasteiger partial charge in [0, 0.05) is 31.7 Å². The van der Waals surface area contributed by atoms with Crippen molar-refractivity contribution >= 4 is 0 Å². The summed E-state index contributed by atoms with van der Waals surface area (Å²) < 4.78 is 34.6. The van der Waals surface area contributed by atoms with E-state index in [1.54, 1.807) is 0 Å². The monoisotopic (exact) mass is 529 g/mol. The number of benzene rings is 3. The molecule has 0 amide bonds. The summed E-state index contributed by atoms with van der Waals surface area (Å²) in [5.74, 6) is 2.60. The van der Waals surface area contributed by atoms with E-state index in [4.69, 9.17) is 14.2 Å². The standard InChI is InChI=1S/C32H36FN3O3/c1-4-6-16-36-28(31(33)34-32(36)27-13-8-7-10-23(27)3)21-35(19-24-11-9-12-26(17-24)37-5-2)20-25-14-15-29-30(18-25)39-22-38-29/h7-15,17-18H,4-6,16,19-22H2,1-3H3. The van der Waals surface area contributed by atoms with Gasteiger partial charge in [-0.25, -0.2) is 0 Å². The van der Waals surface area contributed by atoms with Crippen molar-refractivity contribution in [1.82, 2.24) is 14.5 Å². The number of unbranched alkanes of at least 4 members (excludes halogenated alkanes) is 1. The van der Waals surface area contributed by atoms with E-state index in [-0.39, 0.29) is 6.79 Å². The molecule has 0 unspecified atom stereocenters. The number of imidazole rings is 1. The van der Waals surface area contributed by atoms with Gasteiger partial charge in [-0.1, -0.05) is 55.8 Å². The molecule has 7 heteroatoms. The van der Waals surface area contributed by atoms with E-state index in [1.807, 2.05) is 68.4 Å². The summed E-state index contributed by atoms with van der Waals surface area (Å²) in [5.41, 5.74) is 4.81. The summed E-state index contributed by atoms with van der Waals surface area (Å²) in [7, 11) is 0. The molecular weight excluding hydrogens is 493 g/mol. The number of nitrogens with zero attached hydrogens (tertiary/aromatic N) is 3. The Morgan fingerprint density at radius 3 is 2.51 bits per heavy atom. The van der Waals surface area contributed by atoms with Crippen molar-refractivity contribution in [2.45, 2.75) is 59.8 Å². The molecule has 1 aliphatic rings. The lowest BCUT2D eigenvalue weighted by atomic mass is 10.1. The highest BCUT2D eigenvalue weighted by atomic mass is 19.1. The Morgan fingerprint density at radius 1 is 0.923 bits per heavy atom.